The first-order valence-corrected chi connectivity index (χ1v) is 14.5. The normalized spacial score (nSPS) is 31.7. The maximum atomic E-state index is 13.4. The third kappa shape index (κ3) is 5.42. The minimum Gasteiger partial charge on any atom is -0.342 e. The molecule has 1 aliphatic heterocycles. The van der Waals surface area contributed by atoms with Gasteiger partial charge in [-0.05, 0) is 84.7 Å². The summed E-state index contributed by atoms with van der Waals surface area (Å²) in [5.74, 6) is 2.48. The van der Waals surface area contributed by atoms with Gasteiger partial charge in [0.05, 0.1) is 0 Å². The predicted molar refractivity (Wildman–Crippen MR) is 149 cm³/mol. The fourth-order valence-electron chi connectivity index (χ4n) is 7.99. The molecule has 0 radical (unpaired) electrons. The molecule has 2 N–H and O–H groups in total. The molecule has 1 amide bonds. The molecular weight excluding hydrogens is 440 g/mol. The van der Waals surface area contributed by atoms with E-state index >= 15 is 0 Å². The number of fused-ring (bicyclic) bond motifs is 2. The molecule has 3 aliphatic rings. The van der Waals surface area contributed by atoms with Crippen LogP contribution in [0, 0.1) is 23.2 Å². The van der Waals surface area contributed by atoms with Crippen molar-refractivity contribution in [1.29, 1.82) is 0 Å². The molecular formula is C33H46N2O. The Balaban J connectivity index is 1.32. The highest BCUT2D eigenvalue weighted by molar-refractivity contribution is 5.76. The molecule has 5 atom stereocenters. The van der Waals surface area contributed by atoms with Gasteiger partial charge in [0, 0.05) is 25.6 Å². The van der Waals surface area contributed by atoms with Gasteiger partial charge in [0.2, 0.25) is 5.91 Å². The van der Waals surface area contributed by atoms with E-state index in [1.807, 2.05) is 0 Å². The molecule has 5 rings (SSSR count). The average Bonchev–Trinajstić information content (AvgIpc) is 2.89. The number of nitrogens with two attached hydrogens (primary N) is 1. The number of hydrogen-bond donors (Lipinski definition) is 1. The van der Waals surface area contributed by atoms with Crippen LogP contribution in [-0.4, -0.2) is 29.9 Å². The number of likely N-dealkylation sites (tertiary alicyclic amines) is 1. The Bertz CT molecular complexity index is 1000. The Morgan fingerprint density at radius 3 is 2.42 bits per heavy atom. The Hall–Kier alpha value is -2.13. The van der Waals surface area contributed by atoms with Gasteiger partial charge in [-0.15, -0.1) is 0 Å². The van der Waals surface area contributed by atoms with Crippen LogP contribution >= 0.6 is 0 Å². The lowest BCUT2D eigenvalue weighted by Crippen LogP contribution is -2.54. The van der Waals surface area contributed by atoms with E-state index in [0.29, 0.717) is 23.7 Å². The monoisotopic (exact) mass is 486 g/mol. The van der Waals surface area contributed by atoms with E-state index in [2.05, 4.69) is 79.4 Å². The smallest absolute Gasteiger partial charge is 0.222 e. The molecule has 2 aromatic rings. The van der Waals surface area contributed by atoms with Crippen LogP contribution in [0.4, 0.5) is 0 Å². The maximum Gasteiger partial charge on any atom is 0.222 e. The van der Waals surface area contributed by atoms with Gasteiger partial charge in [-0.25, -0.2) is 0 Å². The van der Waals surface area contributed by atoms with Crippen LogP contribution in [0.25, 0.3) is 0 Å². The van der Waals surface area contributed by atoms with Crippen molar-refractivity contribution in [2.24, 2.45) is 28.9 Å². The second kappa shape index (κ2) is 10.7. The summed E-state index contributed by atoms with van der Waals surface area (Å²) < 4.78 is 0. The zero-order valence-corrected chi connectivity index (χ0v) is 22.5. The van der Waals surface area contributed by atoms with Crippen LogP contribution in [0.15, 0.2) is 60.7 Å². The number of nitrogens with zero attached hydrogens (tertiary/aromatic N) is 1. The van der Waals surface area contributed by atoms with Gasteiger partial charge >= 0.3 is 0 Å². The van der Waals surface area contributed by atoms with Crippen molar-refractivity contribution < 1.29 is 4.79 Å². The second-order valence-corrected chi connectivity index (χ2v) is 12.9. The van der Waals surface area contributed by atoms with Gasteiger partial charge < -0.3 is 10.6 Å². The van der Waals surface area contributed by atoms with Crippen LogP contribution in [0.5, 0.6) is 0 Å². The maximum absolute atomic E-state index is 13.4. The highest BCUT2D eigenvalue weighted by atomic mass is 16.2. The number of aryl methyl sites for hydroxylation is 1. The number of benzene rings is 2. The lowest BCUT2D eigenvalue weighted by Gasteiger charge is -2.53. The molecule has 3 fully saturated rings. The summed E-state index contributed by atoms with van der Waals surface area (Å²) in [6.07, 6.45) is 11.6. The Morgan fingerprint density at radius 1 is 0.972 bits per heavy atom. The molecule has 194 valence electrons. The number of rotatable bonds is 7. The Morgan fingerprint density at radius 2 is 1.69 bits per heavy atom. The van der Waals surface area contributed by atoms with E-state index in [1.54, 1.807) is 5.56 Å². The standard InChI is InChI=1S/C33H46N2O/c1-32(2)24-35(21-19-30(32)34)31(36)18-16-27-23-33(28-13-7-4-8-14-28)20-9-12-26(22-33)29(27)17-15-25-10-5-3-6-11-25/h3-8,10-11,13-14,26-27,29-30H,9,12,15-24,34H2,1-2H3/t26?,27?,29?,30-,33?/m0/s1. The van der Waals surface area contributed by atoms with Crippen molar-refractivity contribution in [3.63, 3.8) is 0 Å². The molecule has 36 heavy (non-hydrogen) atoms. The SMILES string of the molecule is CC1(C)CN(C(=O)CCC2CC3(c4ccccc4)CCCC(C3)C2CCc2ccccc2)CC[C@@H]1N. The number of piperidine rings is 1. The van der Waals surface area contributed by atoms with Crippen molar-refractivity contribution in [3.05, 3.63) is 71.8 Å². The molecule has 3 nitrogen and oxygen atoms in total. The molecule has 2 saturated carbocycles. The van der Waals surface area contributed by atoms with E-state index in [9.17, 15) is 4.79 Å². The predicted octanol–water partition coefficient (Wildman–Crippen LogP) is 6.75. The van der Waals surface area contributed by atoms with Crippen molar-refractivity contribution in [1.82, 2.24) is 4.90 Å². The van der Waals surface area contributed by atoms with Gasteiger partial charge in [-0.3, -0.25) is 4.79 Å². The van der Waals surface area contributed by atoms with Crippen LogP contribution in [0.1, 0.15) is 82.8 Å². The van der Waals surface area contributed by atoms with Crippen molar-refractivity contribution in [2.75, 3.05) is 13.1 Å². The third-order valence-electron chi connectivity index (χ3n) is 10.1. The molecule has 2 bridgehead atoms. The van der Waals surface area contributed by atoms with Gasteiger partial charge in [-0.2, -0.15) is 0 Å². The van der Waals surface area contributed by atoms with E-state index < -0.39 is 0 Å². The summed E-state index contributed by atoms with van der Waals surface area (Å²) in [6.45, 7) is 6.04. The summed E-state index contributed by atoms with van der Waals surface area (Å²) in [5.41, 5.74) is 9.66. The zero-order valence-electron chi connectivity index (χ0n) is 22.5. The molecule has 2 aromatic carbocycles. The van der Waals surface area contributed by atoms with E-state index in [1.165, 1.54) is 44.1 Å². The first kappa shape index (κ1) is 25.5. The summed E-state index contributed by atoms with van der Waals surface area (Å²) >= 11 is 0. The summed E-state index contributed by atoms with van der Waals surface area (Å²) in [6, 6.07) is 22.5. The first-order chi connectivity index (χ1) is 17.4. The largest absolute Gasteiger partial charge is 0.342 e. The summed E-state index contributed by atoms with van der Waals surface area (Å²) in [7, 11) is 0. The van der Waals surface area contributed by atoms with Crippen LogP contribution in [-0.2, 0) is 16.6 Å². The van der Waals surface area contributed by atoms with Crippen molar-refractivity contribution in [2.45, 2.75) is 89.5 Å². The van der Waals surface area contributed by atoms with Gasteiger partial charge in [0.1, 0.15) is 0 Å². The van der Waals surface area contributed by atoms with Gasteiger partial charge in [0.25, 0.3) is 0 Å². The average molecular weight is 487 g/mol. The Kier molecular flexibility index (Phi) is 7.58. The third-order valence-corrected chi connectivity index (χ3v) is 10.1. The fraction of sp³-hybridized carbons (Fsp3) is 0.606. The van der Waals surface area contributed by atoms with E-state index in [-0.39, 0.29) is 11.5 Å². The first-order valence-electron chi connectivity index (χ1n) is 14.5. The van der Waals surface area contributed by atoms with Crippen LogP contribution in [0.2, 0.25) is 0 Å². The molecule has 2 aliphatic carbocycles. The summed E-state index contributed by atoms with van der Waals surface area (Å²) in [4.78, 5) is 15.5. The number of carbonyl (C=O) groups is 1. The number of hydrogen-bond acceptors (Lipinski definition) is 2. The minimum absolute atomic E-state index is 0.00532. The zero-order chi connectivity index (χ0) is 25.2. The molecule has 3 heteroatoms. The van der Waals surface area contributed by atoms with Crippen molar-refractivity contribution in [3.8, 4) is 0 Å². The highest BCUT2D eigenvalue weighted by Gasteiger charge is 2.48. The number of amides is 1. The second-order valence-electron chi connectivity index (χ2n) is 12.9. The Labute approximate surface area is 218 Å². The van der Waals surface area contributed by atoms with Gasteiger partial charge in [-0.1, -0.05) is 87.4 Å². The van der Waals surface area contributed by atoms with Crippen molar-refractivity contribution >= 4 is 5.91 Å². The van der Waals surface area contributed by atoms with E-state index in [4.69, 9.17) is 5.73 Å². The summed E-state index contributed by atoms with van der Waals surface area (Å²) in [5, 5.41) is 0. The van der Waals surface area contributed by atoms with Gasteiger partial charge in [0.15, 0.2) is 0 Å². The fourth-order valence-corrected chi connectivity index (χ4v) is 7.99. The molecule has 0 spiro atoms. The van der Waals surface area contributed by atoms with Crippen LogP contribution in [0.3, 0.4) is 0 Å². The van der Waals surface area contributed by atoms with Crippen LogP contribution < -0.4 is 5.73 Å². The lowest BCUT2D eigenvalue weighted by atomic mass is 9.51. The highest BCUT2D eigenvalue weighted by Crippen LogP contribution is 2.56. The number of carbonyl (C=O) groups excluding carboxylic acids is 1. The van der Waals surface area contributed by atoms with E-state index in [0.717, 1.165) is 44.2 Å². The molecule has 1 saturated heterocycles. The quantitative estimate of drug-likeness (QED) is 0.470. The topological polar surface area (TPSA) is 46.3 Å². The lowest BCUT2D eigenvalue weighted by molar-refractivity contribution is -0.135. The molecule has 1 heterocycles. The minimum atomic E-state index is 0.00532. The molecule has 4 unspecified atom stereocenters. The molecule has 0 aromatic heterocycles.